The van der Waals surface area contributed by atoms with E-state index in [1.54, 1.807) is 36.5 Å². The molecule has 26 heavy (non-hydrogen) atoms. The summed E-state index contributed by atoms with van der Waals surface area (Å²) in [6.45, 7) is 0.287. The van der Waals surface area contributed by atoms with Crippen LogP contribution in [0.15, 0.2) is 65.8 Å². The second-order valence-corrected chi connectivity index (χ2v) is 6.97. The molecule has 1 amide bonds. The molecule has 132 valence electrons. The summed E-state index contributed by atoms with van der Waals surface area (Å²) < 4.78 is 0. The number of carbonyl (C=O) groups is 1. The second-order valence-electron chi connectivity index (χ2n) is 5.37. The van der Waals surface area contributed by atoms with Crippen molar-refractivity contribution in [3.63, 3.8) is 0 Å². The normalized spacial score (nSPS) is 10.8. The third-order valence-electron chi connectivity index (χ3n) is 3.45. The smallest absolute Gasteiger partial charge is 0.265 e. The second kappa shape index (κ2) is 8.51. The molecule has 0 unspecified atom stereocenters. The minimum absolute atomic E-state index is 0.205. The van der Waals surface area contributed by atoms with Crippen molar-refractivity contribution in [2.24, 2.45) is 5.16 Å². The number of rotatable bonds is 6. The van der Waals surface area contributed by atoms with Gasteiger partial charge in [0.2, 0.25) is 0 Å². The molecule has 3 rings (SSSR count). The quantitative estimate of drug-likeness (QED) is 0.364. The topological polar surface area (TPSA) is 76.7 Å². The lowest BCUT2D eigenvalue weighted by Crippen LogP contribution is -2.11. The number of carbonyl (C=O) groups excluding carboxylic acids is 1. The highest BCUT2D eigenvalue weighted by atomic mass is 35.5. The van der Waals surface area contributed by atoms with Crippen LogP contribution in [0.5, 0.6) is 0 Å². The predicted octanol–water partition coefficient (Wildman–Crippen LogP) is 4.79. The number of hydrogen-bond acceptors (Lipinski definition) is 5. The van der Waals surface area contributed by atoms with Crippen molar-refractivity contribution >= 4 is 46.4 Å². The van der Waals surface area contributed by atoms with E-state index in [9.17, 15) is 4.79 Å². The van der Waals surface area contributed by atoms with Gasteiger partial charge >= 0.3 is 0 Å². The number of nitrogens with zero attached hydrogens (tertiary/aromatic N) is 1. The fourth-order valence-electron chi connectivity index (χ4n) is 2.12. The third kappa shape index (κ3) is 4.84. The van der Waals surface area contributed by atoms with E-state index in [2.05, 4.69) is 10.5 Å². The summed E-state index contributed by atoms with van der Waals surface area (Å²) in [6.07, 6.45) is 1.61. The minimum Gasteiger partial charge on any atom is -0.397 e. The van der Waals surface area contributed by atoms with Crippen LogP contribution in [0.3, 0.4) is 0 Å². The van der Waals surface area contributed by atoms with Gasteiger partial charge in [-0.25, -0.2) is 0 Å². The van der Waals surface area contributed by atoms with Crippen molar-refractivity contribution in [2.75, 3.05) is 11.1 Å². The Morgan fingerprint density at radius 1 is 1.15 bits per heavy atom. The molecule has 0 saturated carbocycles. The maximum Gasteiger partial charge on any atom is 0.265 e. The summed E-state index contributed by atoms with van der Waals surface area (Å²) in [5.41, 5.74) is 7.84. The lowest BCUT2D eigenvalue weighted by Gasteiger charge is -2.06. The molecule has 0 aliphatic heterocycles. The first-order valence-corrected chi connectivity index (χ1v) is 8.97. The molecule has 0 bridgehead atoms. The molecule has 3 aromatic rings. The van der Waals surface area contributed by atoms with Gasteiger partial charge in [0.05, 0.1) is 22.5 Å². The Bertz CT molecular complexity index is 923. The number of halogens is 1. The molecule has 7 heteroatoms. The van der Waals surface area contributed by atoms with Gasteiger partial charge in [0, 0.05) is 9.90 Å². The first-order chi connectivity index (χ1) is 12.6. The number of nitrogens with one attached hydrogen (secondary N) is 1. The van der Waals surface area contributed by atoms with Gasteiger partial charge in [0.1, 0.15) is 0 Å². The molecule has 3 N–H and O–H groups in total. The maximum absolute atomic E-state index is 12.3. The summed E-state index contributed by atoms with van der Waals surface area (Å²) in [7, 11) is 0. The van der Waals surface area contributed by atoms with Crippen molar-refractivity contribution in [2.45, 2.75) is 6.61 Å². The zero-order valence-corrected chi connectivity index (χ0v) is 15.3. The largest absolute Gasteiger partial charge is 0.397 e. The number of amides is 1. The van der Waals surface area contributed by atoms with Crippen molar-refractivity contribution in [1.29, 1.82) is 0 Å². The summed E-state index contributed by atoms with van der Waals surface area (Å²) in [5.74, 6) is -0.205. The van der Waals surface area contributed by atoms with Crippen LogP contribution in [-0.2, 0) is 11.4 Å². The van der Waals surface area contributed by atoms with Crippen molar-refractivity contribution < 1.29 is 9.63 Å². The fourth-order valence-corrected chi connectivity index (χ4v) is 3.06. The van der Waals surface area contributed by atoms with Crippen LogP contribution in [0.2, 0.25) is 5.02 Å². The molecule has 1 heterocycles. The predicted molar refractivity (Wildman–Crippen MR) is 107 cm³/mol. The number of hydrogen-bond donors (Lipinski definition) is 2. The van der Waals surface area contributed by atoms with Crippen molar-refractivity contribution in [3.8, 4) is 0 Å². The average Bonchev–Trinajstić information content (AvgIpc) is 3.11. The van der Waals surface area contributed by atoms with E-state index in [0.29, 0.717) is 21.3 Å². The third-order valence-corrected chi connectivity index (χ3v) is 4.76. The van der Waals surface area contributed by atoms with Gasteiger partial charge in [-0.3, -0.25) is 4.79 Å². The van der Waals surface area contributed by atoms with Crippen LogP contribution < -0.4 is 11.1 Å². The van der Waals surface area contributed by atoms with E-state index in [1.165, 1.54) is 11.3 Å². The number of thiophene rings is 1. The van der Waals surface area contributed by atoms with Crippen molar-refractivity contribution in [3.05, 3.63) is 81.0 Å². The summed E-state index contributed by atoms with van der Waals surface area (Å²) in [6, 6.07) is 18.0. The molecule has 5 nitrogen and oxygen atoms in total. The molecule has 2 aromatic carbocycles. The Morgan fingerprint density at radius 3 is 2.69 bits per heavy atom. The van der Waals surface area contributed by atoms with Gasteiger partial charge in [0.25, 0.3) is 5.91 Å². The van der Waals surface area contributed by atoms with Gasteiger partial charge < -0.3 is 15.9 Å². The van der Waals surface area contributed by atoms with Crippen LogP contribution >= 0.6 is 22.9 Å². The highest BCUT2D eigenvalue weighted by Crippen LogP contribution is 2.22. The van der Waals surface area contributed by atoms with Gasteiger partial charge in [-0.1, -0.05) is 41.0 Å². The monoisotopic (exact) mass is 385 g/mol. The maximum atomic E-state index is 12.3. The molecule has 1 aromatic heterocycles. The molecule has 0 saturated heterocycles. The highest BCUT2D eigenvalue weighted by Gasteiger charge is 2.11. The number of benzene rings is 2. The molecule has 0 aliphatic rings. The van der Waals surface area contributed by atoms with E-state index in [4.69, 9.17) is 22.2 Å². The van der Waals surface area contributed by atoms with Gasteiger partial charge in [-0.15, -0.1) is 11.3 Å². The molecule has 0 aliphatic carbocycles. The summed E-state index contributed by atoms with van der Waals surface area (Å²) in [5, 5.41) is 7.39. The van der Waals surface area contributed by atoms with Crippen LogP contribution in [0.25, 0.3) is 0 Å². The molecular weight excluding hydrogens is 370 g/mol. The van der Waals surface area contributed by atoms with Gasteiger partial charge in [0.15, 0.2) is 6.61 Å². The first kappa shape index (κ1) is 18.0. The van der Waals surface area contributed by atoms with E-state index in [0.717, 1.165) is 10.4 Å². The van der Waals surface area contributed by atoms with Gasteiger partial charge in [-0.2, -0.15) is 0 Å². The number of para-hydroxylation sites is 2. The Labute approximate surface area is 160 Å². The van der Waals surface area contributed by atoms with Crippen LogP contribution in [-0.4, -0.2) is 12.1 Å². The minimum atomic E-state index is -0.205. The molecule has 0 radical (unpaired) electrons. The zero-order chi connectivity index (χ0) is 18.4. The Hall–Kier alpha value is -2.83. The number of anilines is 2. The van der Waals surface area contributed by atoms with Crippen LogP contribution in [0.1, 0.15) is 20.1 Å². The lowest BCUT2D eigenvalue weighted by atomic mass is 10.2. The van der Waals surface area contributed by atoms with Crippen LogP contribution in [0.4, 0.5) is 11.4 Å². The zero-order valence-electron chi connectivity index (χ0n) is 13.7. The SMILES string of the molecule is Nc1ccccc1NC(=O)c1ccc(CON=Cc2ccc(Cl)cc2)s1. The first-order valence-electron chi connectivity index (χ1n) is 7.77. The molecule has 0 spiro atoms. The average molecular weight is 386 g/mol. The molecule has 0 atom stereocenters. The Kier molecular flexibility index (Phi) is 5.88. The standard InChI is InChI=1S/C19H16ClN3O2S/c20-14-7-5-13(6-8-14)11-22-25-12-15-9-10-18(26-15)19(24)23-17-4-2-1-3-16(17)21/h1-11H,12,21H2,(H,23,24). The molecular formula is C19H16ClN3O2S. The van der Waals surface area contributed by atoms with E-state index >= 15 is 0 Å². The Balaban J connectivity index is 1.53. The van der Waals surface area contributed by atoms with Crippen LogP contribution in [0, 0.1) is 0 Å². The van der Waals surface area contributed by atoms with E-state index in [-0.39, 0.29) is 12.5 Å². The van der Waals surface area contributed by atoms with Gasteiger partial charge in [-0.05, 0) is 42.0 Å². The molecule has 0 fully saturated rings. The summed E-state index contributed by atoms with van der Waals surface area (Å²) >= 11 is 7.17. The van der Waals surface area contributed by atoms with Crippen molar-refractivity contribution in [1.82, 2.24) is 0 Å². The lowest BCUT2D eigenvalue weighted by molar-refractivity contribution is 0.103. The Morgan fingerprint density at radius 2 is 1.92 bits per heavy atom. The fraction of sp³-hybridized carbons (Fsp3) is 0.0526. The van der Waals surface area contributed by atoms with E-state index < -0.39 is 0 Å². The number of nitrogen functional groups attached to an aromatic ring is 1. The number of nitrogens with two attached hydrogens (primary N) is 1. The summed E-state index contributed by atoms with van der Waals surface area (Å²) in [4.78, 5) is 19.0. The number of oxime groups is 1. The van der Waals surface area contributed by atoms with E-state index in [1.807, 2.05) is 30.3 Å². The highest BCUT2D eigenvalue weighted by molar-refractivity contribution is 7.14.